The fourth-order valence-corrected chi connectivity index (χ4v) is 3.34. The van der Waals surface area contributed by atoms with Crippen molar-refractivity contribution in [2.45, 2.75) is 30.4 Å². The number of nitrogens with one attached hydrogen (secondary N) is 1. The Labute approximate surface area is 105 Å². The molecule has 0 aromatic carbocycles. The van der Waals surface area contributed by atoms with Crippen molar-refractivity contribution in [3.63, 3.8) is 0 Å². The molecule has 1 atom stereocenters. The van der Waals surface area contributed by atoms with Crippen molar-refractivity contribution in [1.82, 2.24) is 9.71 Å². The Morgan fingerprint density at radius 3 is 2.62 bits per heavy atom. The Bertz CT molecular complexity index is 442. The molecule has 0 radical (unpaired) electrons. The summed E-state index contributed by atoms with van der Waals surface area (Å²) in [6.45, 7) is 5.90. The van der Waals surface area contributed by atoms with Gasteiger partial charge in [0.05, 0.1) is 11.2 Å². The van der Waals surface area contributed by atoms with Crippen LogP contribution < -0.4 is 4.72 Å². The molecule has 0 aliphatic heterocycles. The molecule has 0 aliphatic rings. The van der Waals surface area contributed by atoms with Crippen LogP contribution in [0.5, 0.6) is 0 Å². The van der Waals surface area contributed by atoms with Crippen LogP contribution in [0, 0.1) is 12.8 Å². The number of aryl methyl sites for hydroxylation is 1. The SMILES string of the molecule is Cc1ncc(S(=O)(=O)NCC(Cl)C(C)C)s1. The molecule has 1 heterocycles. The number of aromatic nitrogens is 1. The first kappa shape index (κ1) is 13.9. The van der Waals surface area contributed by atoms with E-state index in [0.717, 1.165) is 16.3 Å². The average Bonchev–Trinajstić information content (AvgIpc) is 2.61. The molecule has 92 valence electrons. The van der Waals surface area contributed by atoms with E-state index in [1.807, 2.05) is 13.8 Å². The van der Waals surface area contributed by atoms with Crippen molar-refractivity contribution in [2.24, 2.45) is 5.92 Å². The summed E-state index contributed by atoms with van der Waals surface area (Å²) in [4.78, 5) is 3.91. The maximum absolute atomic E-state index is 11.8. The molecular formula is C9H15ClN2O2S2. The first-order valence-electron chi connectivity index (χ1n) is 4.89. The van der Waals surface area contributed by atoms with Crippen LogP contribution in [0.2, 0.25) is 0 Å². The molecular weight excluding hydrogens is 268 g/mol. The van der Waals surface area contributed by atoms with Gasteiger partial charge in [0.15, 0.2) is 4.21 Å². The zero-order valence-corrected chi connectivity index (χ0v) is 11.8. The lowest BCUT2D eigenvalue weighted by Crippen LogP contribution is -2.31. The Balaban J connectivity index is 2.67. The molecule has 16 heavy (non-hydrogen) atoms. The minimum Gasteiger partial charge on any atom is -0.249 e. The lowest BCUT2D eigenvalue weighted by Gasteiger charge is -2.13. The third-order valence-electron chi connectivity index (χ3n) is 2.06. The molecule has 0 fully saturated rings. The fraction of sp³-hybridized carbons (Fsp3) is 0.667. The predicted octanol–water partition coefficient (Wildman–Crippen LogP) is 1.99. The summed E-state index contributed by atoms with van der Waals surface area (Å²) in [6, 6.07) is 0. The van der Waals surface area contributed by atoms with E-state index in [1.54, 1.807) is 6.92 Å². The van der Waals surface area contributed by atoms with Gasteiger partial charge < -0.3 is 0 Å². The average molecular weight is 283 g/mol. The molecule has 1 rings (SSSR count). The molecule has 1 aromatic rings. The van der Waals surface area contributed by atoms with E-state index in [-0.39, 0.29) is 22.0 Å². The number of thiazole rings is 1. The maximum atomic E-state index is 11.8. The van der Waals surface area contributed by atoms with Crippen molar-refractivity contribution in [3.05, 3.63) is 11.2 Å². The van der Waals surface area contributed by atoms with E-state index in [1.165, 1.54) is 6.20 Å². The number of hydrogen-bond acceptors (Lipinski definition) is 4. The van der Waals surface area contributed by atoms with Gasteiger partial charge in [0.2, 0.25) is 0 Å². The third-order valence-corrected chi connectivity index (χ3v) is 5.51. The van der Waals surface area contributed by atoms with Crippen molar-refractivity contribution in [3.8, 4) is 0 Å². The van der Waals surface area contributed by atoms with E-state index in [0.29, 0.717) is 0 Å². The van der Waals surface area contributed by atoms with Gasteiger partial charge in [-0.25, -0.2) is 18.1 Å². The predicted molar refractivity (Wildman–Crippen MR) is 66.5 cm³/mol. The van der Waals surface area contributed by atoms with Crippen molar-refractivity contribution in [2.75, 3.05) is 6.54 Å². The first-order chi connectivity index (χ1) is 7.33. The molecule has 7 heteroatoms. The molecule has 0 spiro atoms. The van der Waals surface area contributed by atoms with E-state index >= 15 is 0 Å². The van der Waals surface area contributed by atoms with E-state index in [2.05, 4.69) is 9.71 Å². The normalized spacial score (nSPS) is 14.3. The van der Waals surface area contributed by atoms with Crippen LogP contribution in [0.3, 0.4) is 0 Å². The Morgan fingerprint density at radius 2 is 2.19 bits per heavy atom. The van der Waals surface area contributed by atoms with E-state index < -0.39 is 10.0 Å². The summed E-state index contributed by atoms with van der Waals surface area (Å²) < 4.78 is 26.3. The molecule has 0 bridgehead atoms. The number of halogens is 1. The van der Waals surface area contributed by atoms with E-state index in [4.69, 9.17) is 11.6 Å². The zero-order chi connectivity index (χ0) is 12.3. The van der Waals surface area contributed by atoms with Crippen molar-refractivity contribution >= 4 is 33.0 Å². The Hall–Kier alpha value is -0.170. The van der Waals surface area contributed by atoms with Crippen LogP contribution in [0.1, 0.15) is 18.9 Å². The monoisotopic (exact) mass is 282 g/mol. The zero-order valence-electron chi connectivity index (χ0n) is 9.40. The Kier molecular flexibility index (Phi) is 4.73. The van der Waals surface area contributed by atoms with Crippen molar-refractivity contribution < 1.29 is 8.42 Å². The number of rotatable bonds is 5. The first-order valence-corrected chi connectivity index (χ1v) is 7.62. The van der Waals surface area contributed by atoms with Gasteiger partial charge in [0.25, 0.3) is 10.0 Å². The van der Waals surface area contributed by atoms with Crippen LogP contribution in [0.25, 0.3) is 0 Å². The molecule has 4 nitrogen and oxygen atoms in total. The van der Waals surface area contributed by atoms with Crippen LogP contribution >= 0.6 is 22.9 Å². The quantitative estimate of drug-likeness (QED) is 0.840. The summed E-state index contributed by atoms with van der Waals surface area (Å²) in [5.41, 5.74) is 0. The lowest BCUT2D eigenvalue weighted by atomic mass is 10.1. The van der Waals surface area contributed by atoms with Gasteiger partial charge in [0.1, 0.15) is 0 Å². The van der Waals surface area contributed by atoms with Gasteiger partial charge in [-0.2, -0.15) is 0 Å². The maximum Gasteiger partial charge on any atom is 0.251 e. The third kappa shape index (κ3) is 3.69. The molecule has 1 unspecified atom stereocenters. The minimum atomic E-state index is -3.45. The number of hydrogen-bond donors (Lipinski definition) is 1. The Morgan fingerprint density at radius 1 is 1.56 bits per heavy atom. The second kappa shape index (κ2) is 5.44. The minimum absolute atomic E-state index is 0.205. The smallest absolute Gasteiger partial charge is 0.249 e. The van der Waals surface area contributed by atoms with Gasteiger partial charge in [-0.15, -0.1) is 22.9 Å². The summed E-state index contributed by atoms with van der Waals surface area (Å²) >= 11 is 7.13. The highest BCUT2D eigenvalue weighted by atomic mass is 35.5. The highest BCUT2D eigenvalue weighted by Gasteiger charge is 2.19. The molecule has 1 N–H and O–H groups in total. The van der Waals surface area contributed by atoms with Gasteiger partial charge in [-0.1, -0.05) is 13.8 Å². The number of sulfonamides is 1. The highest BCUT2D eigenvalue weighted by molar-refractivity contribution is 7.91. The van der Waals surface area contributed by atoms with Gasteiger partial charge >= 0.3 is 0 Å². The van der Waals surface area contributed by atoms with Crippen molar-refractivity contribution in [1.29, 1.82) is 0 Å². The van der Waals surface area contributed by atoms with Crippen LogP contribution in [-0.4, -0.2) is 25.3 Å². The van der Waals surface area contributed by atoms with E-state index in [9.17, 15) is 8.42 Å². The van der Waals surface area contributed by atoms with Crippen LogP contribution in [-0.2, 0) is 10.0 Å². The van der Waals surface area contributed by atoms with Gasteiger partial charge in [0, 0.05) is 11.9 Å². The second-order valence-electron chi connectivity index (χ2n) is 3.81. The molecule has 0 aliphatic carbocycles. The summed E-state index contributed by atoms with van der Waals surface area (Å²) in [7, 11) is -3.45. The standard InChI is InChI=1S/C9H15ClN2O2S2/c1-6(2)8(10)4-12-16(13,14)9-5-11-7(3)15-9/h5-6,8,12H,4H2,1-3H3. The van der Waals surface area contributed by atoms with Crippen LogP contribution in [0.4, 0.5) is 0 Å². The largest absolute Gasteiger partial charge is 0.251 e. The number of nitrogens with zero attached hydrogens (tertiary/aromatic N) is 1. The molecule has 0 saturated heterocycles. The second-order valence-corrected chi connectivity index (χ2v) is 7.60. The molecule has 0 amide bonds. The summed E-state index contributed by atoms with van der Waals surface area (Å²) in [5, 5.41) is 0.524. The molecule has 0 saturated carbocycles. The molecule has 1 aromatic heterocycles. The summed E-state index contributed by atoms with van der Waals surface area (Å²) in [5.74, 6) is 0.229. The van der Waals surface area contributed by atoms with Crippen LogP contribution in [0.15, 0.2) is 10.4 Å². The highest BCUT2D eigenvalue weighted by Crippen LogP contribution is 2.18. The van der Waals surface area contributed by atoms with Gasteiger partial charge in [-0.3, -0.25) is 0 Å². The number of alkyl halides is 1. The topological polar surface area (TPSA) is 59.1 Å². The lowest BCUT2D eigenvalue weighted by molar-refractivity contribution is 0.557. The van der Waals surface area contributed by atoms with Gasteiger partial charge in [-0.05, 0) is 12.8 Å². The summed E-state index contributed by atoms with van der Waals surface area (Å²) in [6.07, 6.45) is 1.36. The fourth-order valence-electron chi connectivity index (χ4n) is 0.962.